The van der Waals surface area contributed by atoms with Gasteiger partial charge in [-0.25, -0.2) is 9.40 Å². The summed E-state index contributed by atoms with van der Waals surface area (Å²) < 4.78 is 13.5. The molecule has 34 heavy (non-hydrogen) atoms. The Balaban J connectivity index is 1.35. The topological polar surface area (TPSA) is 74.1 Å². The molecule has 8 heteroatoms. The van der Waals surface area contributed by atoms with Gasteiger partial charge in [0.25, 0.3) is 5.91 Å². The van der Waals surface area contributed by atoms with Crippen LogP contribution in [-0.2, 0) is 9.59 Å². The fourth-order valence-electron chi connectivity index (χ4n) is 3.94. The van der Waals surface area contributed by atoms with Gasteiger partial charge in [-0.15, -0.1) is 0 Å². The quantitative estimate of drug-likeness (QED) is 0.567. The van der Waals surface area contributed by atoms with E-state index in [1.165, 1.54) is 23.9 Å². The van der Waals surface area contributed by atoms with Crippen LogP contribution in [0.25, 0.3) is 0 Å². The SMILES string of the molecule is O=C(C[C@H]1SC(N2N=C(c3ccccc3)C[C@H]2c2ccc(F)cc2)=NC1=O)Nc1ccccc1. The van der Waals surface area contributed by atoms with E-state index in [0.29, 0.717) is 17.3 Å². The van der Waals surface area contributed by atoms with E-state index in [2.05, 4.69) is 10.3 Å². The molecule has 170 valence electrons. The predicted octanol–water partition coefficient (Wildman–Crippen LogP) is 5.00. The lowest BCUT2D eigenvalue weighted by Crippen LogP contribution is -2.25. The molecule has 2 aliphatic heterocycles. The third-order valence-corrected chi connectivity index (χ3v) is 6.77. The van der Waals surface area contributed by atoms with E-state index in [-0.39, 0.29) is 30.1 Å². The first-order valence-electron chi connectivity index (χ1n) is 10.9. The second-order valence-electron chi connectivity index (χ2n) is 7.99. The summed E-state index contributed by atoms with van der Waals surface area (Å²) in [5.74, 6) is -0.923. The van der Waals surface area contributed by atoms with Gasteiger partial charge in [0.1, 0.15) is 11.1 Å². The van der Waals surface area contributed by atoms with Crippen LogP contribution in [0.15, 0.2) is 95.0 Å². The molecule has 0 radical (unpaired) electrons. The van der Waals surface area contributed by atoms with Gasteiger partial charge in [-0.2, -0.15) is 10.1 Å². The number of nitrogens with zero attached hydrogens (tertiary/aromatic N) is 3. The normalized spacial score (nSPS) is 19.7. The Labute approximate surface area is 200 Å². The van der Waals surface area contributed by atoms with Gasteiger partial charge in [-0.1, -0.05) is 72.4 Å². The van der Waals surface area contributed by atoms with Gasteiger partial charge in [-0.3, -0.25) is 9.59 Å². The van der Waals surface area contributed by atoms with Crippen LogP contribution in [-0.4, -0.2) is 33.0 Å². The molecule has 2 aliphatic rings. The summed E-state index contributed by atoms with van der Waals surface area (Å²) in [7, 11) is 0. The molecule has 6 nitrogen and oxygen atoms in total. The van der Waals surface area contributed by atoms with Crippen LogP contribution in [0, 0.1) is 5.82 Å². The van der Waals surface area contributed by atoms with Crippen LogP contribution in [0.2, 0.25) is 0 Å². The Morgan fingerprint density at radius 2 is 1.68 bits per heavy atom. The molecule has 2 amide bonds. The van der Waals surface area contributed by atoms with Crippen LogP contribution in [0.1, 0.15) is 30.0 Å². The van der Waals surface area contributed by atoms with Crippen molar-refractivity contribution in [3.8, 4) is 0 Å². The van der Waals surface area contributed by atoms with Crippen molar-refractivity contribution in [2.45, 2.75) is 24.1 Å². The number of nitrogens with one attached hydrogen (secondary N) is 1. The summed E-state index contributed by atoms with van der Waals surface area (Å²) in [5, 5.41) is 9.15. The summed E-state index contributed by atoms with van der Waals surface area (Å²) in [4.78, 5) is 29.4. The lowest BCUT2D eigenvalue weighted by atomic mass is 9.99. The van der Waals surface area contributed by atoms with Crippen LogP contribution in [0.5, 0.6) is 0 Å². The van der Waals surface area contributed by atoms with Crippen molar-refractivity contribution in [2.24, 2.45) is 10.1 Å². The van der Waals surface area contributed by atoms with Crippen LogP contribution in [0.4, 0.5) is 10.1 Å². The monoisotopic (exact) mass is 472 g/mol. The van der Waals surface area contributed by atoms with Gasteiger partial charge >= 0.3 is 0 Å². The maximum Gasteiger partial charge on any atom is 0.262 e. The molecule has 0 fully saturated rings. The number of hydrogen-bond donors (Lipinski definition) is 1. The highest BCUT2D eigenvalue weighted by molar-refractivity contribution is 8.15. The summed E-state index contributed by atoms with van der Waals surface area (Å²) >= 11 is 1.24. The number of halogens is 1. The highest BCUT2D eigenvalue weighted by Gasteiger charge is 2.39. The molecule has 0 saturated heterocycles. The molecular formula is C26H21FN4O2S. The Hall–Kier alpha value is -3.78. The Morgan fingerprint density at radius 1 is 1.00 bits per heavy atom. The highest BCUT2D eigenvalue weighted by Crippen LogP contribution is 2.38. The number of benzene rings is 3. The first kappa shape index (κ1) is 22.0. The molecule has 0 unspecified atom stereocenters. The molecule has 1 N–H and O–H groups in total. The summed E-state index contributed by atoms with van der Waals surface area (Å²) in [5.41, 5.74) is 3.39. The molecule has 3 aromatic rings. The van der Waals surface area contributed by atoms with Crippen molar-refractivity contribution >= 4 is 40.1 Å². The summed E-state index contributed by atoms with van der Waals surface area (Å²) in [6.45, 7) is 0. The molecule has 0 saturated carbocycles. The maximum atomic E-state index is 13.5. The third-order valence-electron chi connectivity index (χ3n) is 5.63. The largest absolute Gasteiger partial charge is 0.326 e. The fourth-order valence-corrected chi connectivity index (χ4v) is 5.00. The maximum absolute atomic E-state index is 13.5. The van der Waals surface area contributed by atoms with Gasteiger partial charge in [0.15, 0.2) is 5.17 Å². The molecule has 5 rings (SSSR count). The lowest BCUT2D eigenvalue weighted by Gasteiger charge is -2.23. The third kappa shape index (κ3) is 4.77. The van der Waals surface area contributed by atoms with Crippen molar-refractivity contribution in [1.82, 2.24) is 5.01 Å². The number of aliphatic imine (C=N–C) groups is 1. The number of anilines is 1. The van der Waals surface area contributed by atoms with Crippen molar-refractivity contribution < 1.29 is 14.0 Å². The minimum atomic E-state index is -0.622. The Bertz CT molecular complexity index is 1260. The predicted molar refractivity (Wildman–Crippen MR) is 132 cm³/mol. The van der Waals surface area contributed by atoms with E-state index in [1.807, 2.05) is 48.5 Å². The number of thioether (sulfide) groups is 1. The van der Waals surface area contributed by atoms with Crippen molar-refractivity contribution in [1.29, 1.82) is 0 Å². The minimum absolute atomic E-state index is 0.00963. The minimum Gasteiger partial charge on any atom is -0.326 e. The molecule has 0 spiro atoms. The Morgan fingerprint density at radius 3 is 2.38 bits per heavy atom. The zero-order valence-electron chi connectivity index (χ0n) is 18.1. The molecular weight excluding hydrogens is 451 g/mol. The van der Waals surface area contributed by atoms with Crippen molar-refractivity contribution in [3.05, 3.63) is 102 Å². The smallest absolute Gasteiger partial charge is 0.262 e. The second kappa shape index (κ2) is 9.61. The van der Waals surface area contributed by atoms with Crippen LogP contribution >= 0.6 is 11.8 Å². The van der Waals surface area contributed by atoms with E-state index >= 15 is 0 Å². The molecule has 3 aromatic carbocycles. The fraction of sp³-hybridized carbons (Fsp3) is 0.154. The van der Waals surface area contributed by atoms with E-state index in [1.54, 1.807) is 29.3 Å². The van der Waals surface area contributed by atoms with Crippen LogP contribution in [0.3, 0.4) is 0 Å². The lowest BCUT2D eigenvalue weighted by molar-refractivity contribution is -0.121. The standard InChI is InChI=1S/C26H21FN4O2S/c27-19-13-11-18(12-14-19)22-15-21(17-7-3-1-4-8-17)30-31(22)26-29-25(33)23(34-26)16-24(32)28-20-9-5-2-6-10-20/h1-14,22-23H,15-16H2,(H,28,32)/t22-,23+/m0/s1. The number of amides is 2. The molecule has 0 bridgehead atoms. The van der Waals surface area contributed by atoms with Gasteiger partial charge in [0.05, 0.1) is 11.8 Å². The summed E-state index contributed by atoms with van der Waals surface area (Å²) in [6.07, 6.45) is 0.596. The Kier molecular flexibility index (Phi) is 6.22. The van der Waals surface area contributed by atoms with Crippen molar-refractivity contribution in [2.75, 3.05) is 5.32 Å². The van der Waals surface area contributed by atoms with Crippen LogP contribution < -0.4 is 5.32 Å². The van der Waals surface area contributed by atoms with Crippen molar-refractivity contribution in [3.63, 3.8) is 0 Å². The number of hydrogen-bond acceptors (Lipinski definition) is 5. The average molecular weight is 473 g/mol. The van der Waals surface area contributed by atoms with Gasteiger partial charge in [-0.05, 0) is 35.4 Å². The first-order valence-corrected chi connectivity index (χ1v) is 11.8. The number of para-hydroxylation sites is 1. The highest BCUT2D eigenvalue weighted by atomic mass is 32.2. The van der Waals surface area contributed by atoms with Gasteiger partial charge < -0.3 is 5.32 Å². The molecule has 2 atom stereocenters. The van der Waals surface area contributed by atoms with E-state index in [9.17, 15) is 14.0 Å². The van der Waals surface area contributed by atoms with Gasteiger partial charge in [0.2, 0.25) is 5.91 Å². The zero-order chi connectivity index (χ0) is 23.5. The first-order chi connectivity index (χ1) is 16.6. The van der Waals surface area contributed by atoms with E-state index < -0.39 is 5.25 Å². The number of hydrazone groups is 1. The van der Waals surface area contributed by atoms with E-state index in [4.69, 9.17) is 5.10 Å². The van der Waals surface area contributed by atoms with Gasteiger partial charge in [0, 0.05) is 18.5 Å². The average Bonchev–Trinajstić information content (AvgIpc) is 3.45. The second-order valence-corrected chi connectivity index (χ2v) is 9.16. The number of rotatable bonds is 5. The number of carbonyl (C=O) groups is 2. The number of carbonyl (C=O) groups excluding carboxylic acids is 2. The summed E-state index contributed by atoms with van der Waals surface area (Å²) in [6, 6.07) is 25.0. The molecule has 0 aromatic heterocycles. The van der Waals surface area contributed by atoms with E-state index in [0.717, 1.165) is 16.8 Å². The molecule has 2 heterocycles. The zero-order valence-corrected chi connectivity index (χ0v) is 18.9. The molecule has 0 aliphatic carbocycles. The number of amidine groups is 1.